The lowest BCUT2D eigenvalue weighted by Gasteiger charge is -2.26. The molecule has 1 amide bonds. The van der Waals surface area contributed by atoms with Gasteiger partial charge in [0.15, 0.2) is 0 Å². The van der Waals surface area contributed by atoms with Crippen LogP contribution in [-0.4, -0.2) is 38.3 Å². The van der Waals surface area contributed by atoms with Crippen LogP contribution in [0.2, 0.25) is 10.0 Å². The van der Waals surface area contributed by atoms with Crippen molar-refractivity contribution in [3.8, 4) is 0 Å². The highest BCUT2D eigenvalue weighted by molar-refractivity contribution is 6.44. The number of amidine groups is 1. The van der Waals surface area contributed by atoms with Crippen molar-refractivity contribution in [1.29, 1.82) is 0 Å². The third kappa shape index (κ3) is 3.66. The normalized spacial score (nSPS) is 11.3. The fourth-order valence-corrected chi connectivity index (χ4v) is 2.75. The molecule has 0 aliphatic heterocycles. The Morgan fingerprint density at radius 1 is 1.04 bits per heavy atom. The molecule has 0 heterocycles. The molecule has 0 aromatic heterocycles. The van der Waals surface area contributed by atoms with Gasteiger partial charge in [-0.25, -0.2) is 0 Å². The molecule has 0 spiro atoms. The van der Waals surface area contributed by atoms with Crippen LogP contribution in [0, 0.1) is 0 Å². The summed E-state index contributed by atoms with van der Waals surface area (Å²) < 4.78 is 0. The second-order valence-electron chi connectivity index (χ2n) is 5.10. The number of anilines is 2. The van der Waals surface area contributed by atoms with E-state index in [9.17, 15) is 4.79 Å². The molecule has 0 atom stereocenters. The molecule has 6 heteroatoms. The molecule has 0 unspecified atom stereocenters. The van der Waals surface area contributed by atoms with Gasteiger partial charge in [0.2, 0.25) is 6.41 Å². The van der Waals surface area contributed by atoms with E-state index < -0.39 is 0 Å². The first-order valence-corrected chi connectivity index (χ1v) is 7.69. The maximum atomic E-state index is 10.9. The highest BCUT2D eigenvalue weighted by atomic mass is 35.5. The van der Waals surface area contributed by atoms with Crippen molar-refractivity contribution in [2.24, 2.45) is 4.99 Å². The molecular formula is C17H17Cl2N3O. The second kappa shape index (κ2) is 7.49. The van der Waals surface area contributed by atoms with Gasteiger partial charge in [-0.15, -0.1) is 0 Å². The van der Waals surface area contributed by atoms with Gasteiger partial charge in [-0.2, -0.15) is 4.99 Å². The number of para-hydroxylation sites is 1. The number of rotatable bonds is 4. The summed E-state index contributed by atoms with van der Waals surface area (Å²) >= 11 is 12.7. The smallest absolute Gasteiger partial charge is 0.234 e. The quantitative estimate of drug-likeness (QED) is 0.470. The molecule has 0 bridgehead atoms. The van der Waals surface area contributed by atoms with Gasteiger partial charge in [0.25, 0.3) is 0 Å². The van der Waals surface area contributed by atoms with Crippen molar-refractivity contribution in [3.63, 3.8) is 0 Å². The second-order valence-corrected chi connectivity index (χ2v) is 5.89. The van der Waals surface area contributed by atoms with E-state index in [1.165, 1.54) is 0 Å². The molecule has 0 saturated heterocycles. The Morgan fingerprint density at radius 2 is 1.70 bits per heavy atom. The molecular weight excluding hydrogens is 333 g/mol. The summed E-state index contributed by atoms with van der Waals surface area (Å²) in [4.78, 5) is 18.5. The van der Waals surface area contributed by atoms with Crippen LogP contribution in [-0.2, 0) is 4.79 Å². The highest BCUT2D eigenvalue weighted by Crippen LogP contribution is 2.39. The molecule has 0 aliphatic rings. The van der Waals surface area contributed by atoms with Crippen LogP contribution in [0.1, 0.15) is 5.56 Å². The molecule has 0 fully saturated rings. The lowest BCUT2D eigenvalue weighted by molar-refractivity contribution is -0.106. The Balaban J connectivity index is 2.68. The fourth-order valence-electron chi connectivity index (χ4n) is 2.30. The molecule has 23 heavy (non-hydrogen) atoms. The van der Waals surface area contributed by atoms with Gasteiger partial charge < -0.3 is 9.80 Å². The number of hydrogen-bond donors (Lipinski definition) is 0. The molecule has 2 rings (SSSR count). The van der Waals surface area contributed by atoms with E-state index in [2.05, 4.69) is 4.99 Å². The predicted molar refractivity (Wildman–Crippen MR) is 97.3 cm³/mol. The molecule has 0 radical (unpaired) electrons. The summed E-state index contributed by atoms with van der Waals surface area (Å²) in [6.45, 7) is 0. The minimum Gasteiger partial charge on any atom is -0.362 e. The molecule has 0 N–H and O–H groups in total. The van der Waals surface area contributed by atoms with Crippen LogP contribution in [0.5, 0.6) is 0 Å². The standard InChI is InChI=1S/C17H17Cl2N3O/c1-21(2)17(20-11-23)13-9-10-14(18)15(19)16(13)22(3)12-7-5-4-6-8-12/h4-11H,1-3H3/b20-17+. The Morgan fingerprint density at radius 3 is 2.26 bits per heavy atom. The van der Waals surface area contributed by atoms with Gasteiger partial charge in [0.05, 0.1) is 15.7 Å². The Hall–Kier alpha value is -2.04. The van der Waals surface area contributed by atoms with Crippen LogP contribution < -0.4 is 4.90 Å². The van der Waals surface area contributed by atoms with Crippen molar-refractivity contribution in [1.82, 2.24) is 4.90 Å². The summed E-state index contributed by atoms with van der Waals surface area (Å²) in [6, 6.07) is 13.3. The SMILES string of the molecule is CN(C)/C(=N/C=O)c1ccc(Cl)c(Cl)c1N(C)c1ccccc1. The predicted octanol–water partition coefficient (Wildman–Crippen LogP) is 4.23. The van der Waals surface area contributed by atoms with E-state index in [0.29, 0.717) is 28.0 Å². The van der Waals surface area contributed by atoms with Crippen molar-refractivity contribution >= 4 is 46.8 Å². The zero-order valence-corrected chi connectivity index (χ0v) is 14.6. The molecule has 2 aromatic rings. The van der Waals surface area contributed by atoms with Gasteiger partial charge in [0.1, 0.15) is 5.84 Å². The van der Waals surface area contributed by atoms with E-state index in [1.807, 2.05) is 62.4 Å². The van der Waals surface area contributed by atoms with Crippen LogP contribution >= 0.6 is 23.2 Å². The monoisotopic (exact) mass is 349 g/mol. The zero-order valence-electron chi connectivity index (χ0n) is 13.1. The van der Waals surface area contributed by atoms with Crippen LogP contribution in [0.25, 0.3) is 0 Å². The van der Waals surface area contributed by atoms with Gasteiger partial charge in [-0.1, -0.05) is 41.4 Å². The topological polar surface area (TPSA) is 35.9 Å². The lowest BCUT2D eigenvalue weighted by atomic mass is 10.1. The number of nitrogens with zero attached hydrogens (tertiary/aromatic N) is 3. The van der Waals surface area contributed by atoms with E-state index in [-0.39, 0.29) is 0 Å². The number of aliphatic imine (C=N–C) groups is 1. The van der Waals surface area contributed by atoms with Crippen LogP contribution in [0.3, 0.4) is 0 Å². The molecule has 0 saturated carbocycles. The summed E-state index contributed by atoms with van der Waals surface area (Å²) in [5.74, 6) is 0.511. The number of halogens is 2. The molecule has 2 aromatic carbocycles. The van der Waals surface area contributed by atoms with Gasteiger partial charge in [-0.05, 0) is 24.3 Å². The van der Waals surface area contributed by atoms with Crippen LogP contribution in [0.4, 0.5) is 11.4 Å². The first-order valence-electron chi connectivity index (χ1n) is 6.93. The highest BCUT2D eigenvalue weighted by Gasteiger charge is 2.20. The number of hydrogen-bond acceptors (Lipinski definition) is 2. The van der Waals surface area contributed by atoms with Crippen LogP contribution in [0.15, 0.2) is 47.5 Å². The summed E-state index contributed by atoms with van der Waals surface area (Å²) in [7, 11) is 5.53. The largest absolute Gasteiger partial charge is 0.362 e. The first kappa shape index (κ1) is 17.3. The Kier molecular flexibility index (Phi) is 5.64. The minimum atomic E-state index is 0.413. The maximum Gasteiger partial charge on any atom is 0.234 e. The summed E-state index contributed by atoms with van der Waals surface area (Å²) in [5.41, 5.74) is 2.37. The number of benzene rings is 2. The third-order valence-corrected chi connectivity index (χ3v) is 4.18. The summed E-state index contributed by atoms with van der Waals surface area (Å²) in [6.07, 6.45) is 0.518. The first-order chi connectivity index (χ1) is 11.0. The van der Waals surface area contributed by atoms with Crippen molar-refractivity contribution in [3.05, 3.63) is 58.1 Å². The van der Waals surface area contributed by atoms with E-state index in [1.54, 1.807) is 11.0 Å². The van der Waals surface area contributed by atoms with E-state index in [0.717, 1.165) is 11.3 Å². The van der Waals surface area contributed by atoms with E-state index >= 15 is 0 Å². The third-order valence-electron chi connectivity index (χ3n) is 3.39. The number of amides is 1. The van der Waals surface area contributed by atoms with Gasteiger partial charge in [-0.3, -0.25) is 4.79 Å². The Bertz CT molecular complexity index is 730. The van der Waals surface area contributed by atoms with Crippen molar-refractivity contribution in [2.75, 3.05) is 26.0 Å². The van der Waals surface area contributed by atoms with Gasteiger partial charge >= 0.3 is 0 Å². The molecule has 120 valence electrons. The Labute approximate surface area is 145 Å². The average Bonchev–Trinajstić information content (AvgIpc) is 2.55. The minimum absolute atomic E-state index is 0.413. The molecule has 0 aliphatic carbocycles. The number of carbonyl (C=O) groups excluding carboxylic acids is 1. The van der Waals surface area contributed by atoms with Crippen molar-refractivity contribution < 1.29 is 4.79 Å². The van der Waals surface area contributed by atoms with Gasteiger partial charge in [0, 0.05) is 32.4 Å². The average molecular weight is 350 g/mol. The van der Waals surface area contributed by atoms with E-state index in [4.69, 9.17) is 23.2 Å². The zero-order chi connectivity index (χ0) is 17.0. The van der Waals surface area contributed by atoms with Crippen molar-refractivity contribution in [2.45, 2.75) is 0 Å². The maximum absolute atomic E-state index is 10.9. The summed E-state index contributed by atoms with van der Waals surface area (Å²) in [5, 5.41) is 0.855. The number of carbonyl (C=O) groups is 1. The molecule has 4 nitrogen and oxygen atoms in total. The fraction of sp³-hybridized carbons (Fsp3) is 0.176. The lowest BCUT2D eigenvalue weighted by Crippen LogP contribution is -2.26.